The van der Waals surface area contributed by atoms with E-state index in [2.05, 4.69) is 17.4 Å². The number of furan rings is 1. The van der Waals surface area contributed by atoms with Gasteiger partial charge in [-0.3, -0.25) is 14.9 Å². The predicted molar refractivity (Wildman–Crippen MR) is 121 cm³/mol. The zero-order valence-electron chi connectivity index (χ0n) is 18.3. The average molecular weight is 448 g/mol. The van der Waals surface area contributed by atoms with Crippen LogP contribution in [0.15, 0.2) is 65.3 Å². The second-order valence-corrected chi connectivity index (χ2v) is 8.04. The number of aliphatic carboxylic acids is 1. The molecular weight excluding hydrogens is 424 g/mol. The maximum absolute atomic E-state index is 12.7. The zero-order valence-corrected chi connectivity index (χ0v) is 18.3. The van der Waals surface area contributed by atoms with Crippen LogP contribution in [0, 0.1) is 5.92 Å². The molecule has 1 unspecified atom stereocenters. The highest BCUT2D eigenvalue weighted by atomic mass is 16.5. The molecule has 1 heterocycles. The van der Waals surface area contributed by atoms with Gasteiger partial charge < -0.3 is 19.2 Å². The molecule has 0 spiro atoms. The molecule has 8 heteroatoms. The fraction of sp³-hybridized carbons (Fsp3) is 0.240. The molecule has 2 amide bonds. The second-order valence-electron chi connectivity index (χ2n) is 8.04. The van der Waals surface area contributed by atoms with Crippen LogP contribution in [0.2, 0.25) is 0 Å². The lowest BCUT2D eigenvalue weighted by Crippen LogP contribution is -2.34. The van der Waals surface area contributed by atoms with Crippen LogP contribution in [0.5, 0.6) is 0 Å². The molecule has 170 valence electrons. The topological polar surface area (TPSA) is 109 Å². The molecule has 4 rings (SSSR count). The van der Waals surface area contributed by atoms with Crippen molar-refractivity contribution in [1.82, 2.24) is 4.90 Å². The number of benzene rings is 2. The number of fused-ring (bicyclic) bond motifs is 3. The van der Waals surface area contributed by atoms with E-state index in [0.717, 1.165) is 22.3 Å². The van der Waals surface area contributed by atoms with Crippen LogP contribution in [-0.4, -0.2) is 48.2 Å². The molecular formula is C25H24N2O6. The van der Waals surface area contributed by atoms with Crippen molar-refractivity contribution in [2.75, 3.05) is 25.5 Å². The Labute approximate surface area is 190 Å². The van der Waals surface area contributed by atoms with Crippen molar-refractivity contribution in [3.63, 3.8) is 0 Å². The van der Waals surface area contributed by atoms with Crippen molar-refractivity contribution in [2.24, 2.45) is 5.92 Å². The molecule has 3 aromatic rings. The summed E-state index contributed by atoms with van der Waals surface area (Å²) >= 11 is 0. The first-order chi connectivity index (χ1) is 15.9. The van der Waals surface area contributed by atoms with E-state index in [-0.39, 0.29) is 30.5 Å². The van der Waals surface area contributed by atoms with Gasteiger partial charge in [0, 0.05) is 25.6 Å². The van der Waals surface area contributed by atoms with Crippen LogP contribution in [0.4, 0.5) is 10.5 Å². The number of ether oxygens (including phenoxy) is 1. The van der Waals surface area contributed by atoms with Crippen molar-refractivity contribution >= 4 is 23.7 Å². The number of hydrogen-bond acceptors (Lipinski definition) is 5. The second kappa shape index (κ2) is 9.20. The lowest BCUT2D eigenvalue weighted by molar-refractivity contribution is -0.141. The number of amides is 2. The van der Waals surface area contributed by atoms with Gasteiger partial charge >= 0.3 is 12.1 Å². The van der Waals surface area contributed by atoms with E-state index in [9.17, 15) is 14.4 Å². The van der Waals surface area contributed by atoms with Gasteiger partial charge in [0.15, 0.2) is 0 Å². The van der Waals surface area contributed by atoms with Crippen molar-refractivity contribution in [1.29, 1.82) is 0 Å². The van der Waals surface area contributed by atoms with Gasteiger partial charge in [-0.2, -0.15) is 0 Å². The van der Waals surface area contributed by atoms with E-state index in [1.807, 2.05) is 36.4 Å². The van der Waals surface area contributed by atoms with Crippen LogP contribution in [0.1, 0.15) is 34.5 Å². The van der Waals surface area contributed by atoms with Crippen LogP contribution in [0.3, 0.4) is 0 Å². The molecule has 1 aromatic heterocycles. The fourth-order valence-electron chi connectivity index (χ4n) is 4.06. The van der Waals surface area contributed by atoms with Gasteiger partial charge in [-0.15, -0.1) is 0 Å². The molecule has 1 aliphatic carbocycles. The number of carboxylic acid groups (broad SMARTS) is 1. The lowest BCUT2D eigenvalue weighted by atomic mass is 9.98. The van der Waals surface area contributed by atoms with Gasteiger partial charge in [0.05, 0.1) is 17.9 Å². The van der Waals surface area contributed by atoms with Crippen molar-refractivity contribution in [2.45, 2.75) is 12.8 Å². The molecule has 0 radical (unpaired) electrons. The standard InChI is InChI=1S/C25H24N2O6/c1-15(24(29)30)13-27(2)23(28)22-21(11-12-32-22)26-25(31)33-14-20-18-9-5-3-7-16(18)17-8-4-6-10-19(17)20/h3-12,15,20H,13-14H2,1-2H3,(H,26,31)(H,29,30). The molecule has 1 aliphatic rings. The number of carboxylic acids is 1. The Morgan fingerprint density at radius 1 is 1.06 bits per heavy atom. The maximum atomic E-state index is 12.7. The van der Waals surface area contributed by atoms with Crippen LogP contribution < -0.4 is 5.32 Å². The smallest absolute Gasteiger partial charge is 0.411 e. The SMILES string of the molecule is CC(CN(C)C(=O)c1occc1NC(=O)OCC1c2ccccc2-c2ccccc21)C(=O)O. The van der Waals surface area contributed by atoms with Gasteiger partial charge in [0.1, 0.15) is 6.61 Å². The number of carbonyl (C=O) groups is 3. The van der Waals surface area contributed by atoms with Gasteiger partial charge in [-0.05, 0) is 22.3 Å². The molecule has 2 N–H and O–H groups in total. The molecule has 0 saturated carbocycles. The molecule has 0 aliphatic heterocycles. The van der Waals surface area contributed by atoms with Gasteiger partial charge in [0.2, 0.25) is 5.76 Å². The quantitative estimate of drug-likeness (QED) is 0.553. The van der Waals surface area contributed by atoms with Gasteiger partial charge in [-0.1, -0.05) is 55.5 Å². The minimum atomic E-state index is -1.01. The monoisotopic (exact) mass is 448 g/mol. The molecule has 0 bridgehead atoms. The summed E-state index contributed by atoms with van der Waals surface area (Å²) in [4.78, 5) is 37.5. The van der Waals surface area contributed by atoms with Crippen LogP contribution in [0.25, 0.3) is 11.1 Å². The summed E-state index contributed by atoms with van der Waals surface area (Å²) in [5.74, 6) is -2.47. The number of hydrogen-bond donors (Lipinski definition) is 2. The van der Waals surface area contributed by atoms with Crippen LogP contribution >= 0.6 is 0 Å². The summed E-state index contributed by atoms with van der Waals surface area (Å²) < 4.78 is 10.8. The van der Waals surface area contributed by atoms with Gasteiger partial charge in [-0.25, -0.2) is 4.79 Å². The Hall–Kier alpha value is -4.07. The first-order valence-corrected chi connectivity index (χ1v) is 10.5. The van der Waals surface area contributed by atoms with E-state index in [0.29, 0.717) is 0 Å². The molecule has 33 heavy (non-hydrogen) atoms. The highest BCUT2D eigenvalue weighted by Crippen LogP contribution is 2.44. The Morgan fingerprint density at radius 2 is 1.67 bits per heavy atom. The third-order valence-corrected chi connectivity index (χ3v) is 5.76. The summed E-state index contributed by atoms with van der Waals surface area (Å²) in [6, 6.07) is 17.5. The van der Waals surface area contributed by atoms with E-state index in [1.165, 1.54) is 31.2 Å². The summed E-state index contributed by atoms with van der Waals surface area (Å²) in [7, 11) is 1.47. The molecule has 0 saturated heterocycles. The average Bonchev–Trinajstić information content (AvgIpc) is 3.39. The fourth-order valence-corrected chi connectivity index (χ4v) is 4.06. The van der Waals surface area contributed by atoms with E-state index in [4.69, 9.17) is 14.3 Å². The van der Waals surface area contributed by atoms with Crippen LogP contribution in [-0.2, 0) is 9.53 Å². The normalized spacial score (nSPS) is 13.0. The molecule has 0 fully saturated rings. The number of rotatable bonds is 7. The first kappa shape index (κ1) is 22.1. The van der Waals surface area contributed by atoms with E-state index >= 15 is 0 Å². The minimum Gasteiger partial charge on any atom is -0.481 e. The maximum Gasteiger partial charge on any atom is 0.411 e. The summed E-state index contributed by atoms with van der Waals surface area (Å²) in [5.41, 5.74) is 4.61. The Morgan fingerprint density at radius 3 is 2.27 bits per heavy atom. The van der Waals surface area contributed by atoms with Crippen molar-refractivity contribution < 1.29 is 28.6 Å². The van der Waals surface area contributed by atoms with E-state index < -0.39 is 23.9 Å². The van der Waals surface area contributed by atoms with E-state index in [1.54, 1.807) is 0 Å². The van der Waals surface area contributed by atoms with Gasteiger partial charge in [0.25, 0.3) is 5.91 Å². The summed E-state index contributed by atoms with van der Waals surface area (Å²) in [5, 5.41) is 11.6. The number of nitrogens with zero attached hydrogens (tertiary/aromatic N) is 1. The lowest BCUT2D eigenvalue weighted by Gasteiger charge is -2.19. The summed E-state index contributed by atoms with van der Waals surface area (Å²) in [6.45, 7) is 1.64. The minimum absolute atomic E-state index is 0.000743. The Balaban J connectivity index is 1.42. The number of anilines is 1. The Kier molecular flexibility index (Phi) is 6.17. The van der Waals surface area contributed by atoms with Crippen molar-refractivity contribution in [3.05, 3.63) is 77.7 Å². The number of nitrogens with one attached hydrogen (secondary N) is 1. The highest BCUT2D eigenvalue weighted by Gasteiger charge is 2.29. The Bertz CT molecular complexity index is 1160. The first-order valence-electron chi connectivity index (χ1n) is 10.5. The third-order valence-electron chi connectivity index (χ3n) is 5.76. The zero-order chi connectivity index (χ0) is 23.5. The largest absolute Gasteiger partial charge is 0.481 e. The predicted octanol–water partition coefficient (Wildman–Crippen LogP) is 4.43. The van der Waals surface area contributed by atoms with Crippen molar-refractivity contribution in [3.8, 4) is 11.1 Å². The highest BCUT2D eigenvalue weighted by molar-refractivity contribution is 6.00. The third kappa shape index (κ3) is 4.45. The number of carbonyl (C=O) groups excluding carboxylic acids is 2. The summed E-state index contributed by atoms with van der Waals surface area (Å²) in [6.07, 6.45) is 0.565. The molecule has 8 nitrogen and oxygen atoms in total. The molecule has 2 aromatic carbocycles. The molecule has 1 atom stereocenters.